The first-order valence-corrected chi connectivity index (χ1v) is 4.95. The molecule has 0 unspecified atom stereocenters. The molecule has 0 radical (unpaired) electrons. The number of ether oxygens (including phenoxy) is 1. The first-order chi connectivity index (χ1) is 8.09. The highest BCUT2D eigenvalue weighted by Gasteiger charge is 2.07. The van der Waals surface area contributed by atoms with Crippen molar-refractivity contribution in [3.05, 3.63) is 45.1 Å². The number of hydrogen-bond donors (Lipinski definition) is 1. The number of carbonyl (C=O) groups is 1. The van der Waals surface area contributed by atoms with Crippen LogP contribution in [0.25, 0.3) is 10.9 Å². The van der Waals surface area contributed by atoms with Crippen LogP contribution in [-0.4, -0.2) is 15.5 Å². The van der Waals surface area contributed by atoms with E-state index < -0.39 is 17.2 Å². The molecule has 0 bridgehead atoms. The summed E-state index contributed by atoms with van der Waals surface area (Å²) in [5, 5.41) is 0.374. The molecule has 0 atom stereocenters. The molecule has 0 aliphatic rings. The van der Waals surface area contributed by atoms with Crippen LogP contribution in [-0.2, 0) is 16.3 Å². The number of benzene rings is 1. The number of H-pyrrole nitrogens is 1. The molecular formula is C11H10N2O4. The molecule has 0 amide bonds. The maximum absolute atomic E-state index is 11.9. The van der Waals surface area contributed by atoms with E-state index in [1.165, 1.54) is 6.92 Å². The lowest BCUT2D eigenvalue weighted by atomic mass is 10.2. The number of para-hydroxylation sites is 1. The third-order valence-electron chi connectivity index (χ3n) is 2.29. The minimum absolute atomic E-state index is 0.374. The van der Waals surface area contributed by atoms with Gasteiger partial charge in [0, 0.05) is 6.92 Å². The Hall–Kier alpha value is -2.37. The number of aromatic amines is 1. The summed E-state index contributed by atoms with van der Waals surface area (Å²) in [5.74, 6) is -0.551. The van der Waals surface area contributed by atoms with Crippen molar-refractivity contribution >= 4 is 16.9 Å². The Balaban J connectivity index is 2.60. The third kappa shape index (κ3) is 2.10. The number of fused-ring (bicyclic) bond motifs is 1. The van der Waals surface area contributed by atoms with Gasteiger partial charge in [-0.1, -0.05) is 12.1 Å². The summed E-state index contributed by atoms with van der Waals surface area (Å²) in [6.07, 6.45) is 0. The Morgan fingerprint density at radius 3 is 2.76 bits per heavy atom. The lowest BCUT2D eigenvalue weighted by Gasteiger charge is -2.05. The van der Waals surface area contributed by atoms with Crippen LogP contribution in [0.15, 0.2) is 33.9 Å². The summed E-state index contributed by atoms with van der Waals surface area (Å²) in [7, 11) is 0. The van der Waals surface area contributed by atoms with Crippen molar-refractivity contribution in [2.75, 3.05) is 0 Å². The van der Waals surface area contributed by atoms with Gasteiger partial charge in [-0.05, 0) is 12.1 Å². The van der Waals surface area contributed by atoms with Crippen molar-refractivity contribution in [2.24, 2.45) is 0 Å². The van der Waals surface area contributed by atoms with Crippen LogP contribution in [0.2, 0.25) is 0 Å². The fourth-order valence-electron chi connectivity index (χ4n) is 1.47. The molecule has 1 aromatic carbocycles. The number of rotatable bonds is 2. The number of hydrogen-bond acceptors (Lipinski definition) is 4. The number of esters is 1. The lowest BCUT2D eigenvalue weighted by Crippen LogP contribution is -2.36. The van der Waals surface area contributed by atoms with Gasteiger partial charge in [0.05, 0.1) is 10.9 Å². The number of nitrogens with one attached hydrogen (secondary N) is 1. The van der Waals surface area contributed by atoms with Crippen molar-refractivity contribution in [3.63, 3.8) is 0 Å². The fraction of sp³-hybridized carbons (Fsp3) is 0.182. The predicted octanol–water partition coefficient (Wildman–Crippen LogP) is 0.210. The van der Waals surface area contributed by atoms with E-state index in [1.807, 2.05) is 0 Å². The zero-order valence-electron chi connectivity index (χ0n) is 9.10. The number of carbonyl (C=O) groups excluding carboxylic acids is 1. The Labute approximate surface area is 95.5 Å². The molecule has 0 fully saturated rings. The maximum Gasteiger partial charge on any atom is 0.331 e. The molecule has 2 aromatic rings. The monoisotopic (exact) mass is 234 g/mol. The van der Waals surface area contributed by atoms with E-state index in [0.29, 0.717) is 10.9 Å². The van der Waals surface area contributed by atoms with Crippen LogP contribution in [0.3, 0.4) is 0 Å². The Kier molecular flexibility index (Phi) is 2.78. The van der Waals surface area contributed by atoms with Crippen molar-refractivity contribution in [1.82, 2.24) is 9.55 Å². The number of aromatic nitrogens is 2. The topological polar surface area (TPSA) is 81.2 Å². The van der Waals surface area contributed by atoms with Gasteiger partial charge in [0.1, 0.15) is 0 Å². The Morgan fingerprint density at radius 1 is 1.35 bits per heavy atom. The van der Waals surface area contributed by atoms with Gasteiger partial charge in [-0.15, -0.1) is 0 Å². The molecule has 2 rings (SSSR count). The SMILES string of the molecule is CC(=O)OCn1c(=O)[nH]c2ccccc2c1=O. The van der Waals surface area contributed by atoms with Gasteiger partial charge in [-0.2, -0.15) is 0 Å². The fourth-order valence-corrected chi connectivity index (χ4v) is 1.47. The highest BCUT2D eigenvalue weighted by Crippen LogP contribution is 2.02. The third-order valence-corrected chi connectivity index (χ3v) is 2.29. The Morgan fingerprint density at radius 2 is 2.06 bits per heavy atom. The zero-order valence-corrected chi connectivity index (χ0v) is 9.10. The first kappa shape index (κ1) is 11.1. The molecule has 0 aliphatic heterocycles. The summed E-state index contributed by atoms with van der Waals surface area (Å²) in [6, 6.07) is 6.64. The van der Waals surface area contributed by atoms with Gasteiger partial charge in [0.25, 0.3) is 5.56 Å². The van der Waals surface area contributed by atoms with Gasteiger partial charge in [0.15, 0.2) is 6.73 Å². The Bertz CT molecular complexity index is 684. The largest absolute Gasteiger partial charge is 0.444 e. The average molecular weight is 234 g/mol. The lowest BCUT2D eigenvalue weighted by molar-refractivity contribution is -0.144. The van der Waals surface area contributed by atoms with Gasteiger partial charge >= 0.3 is 11.7 Å². The molecule has 1 N–H and O–H groups in total. The van der Waals surface area contributed by atoms with Crippen LogP contribution in [0.4, 0.5) is 0 Å². The van der Waals surface area contributed by atoms with E-state index in [0.717, 1.165) is 4.57 Å². The van der Waals surface area contributed by atoms with E-state index in [4.69, 9.17) is 0 Å². The molecule has 17 heavy (non-hydrogen) atoms. The minimum Gasteiger partial charge on any atom is -0.444 e. The summed E-state index contributed by atoms with van der Waals surface area (Å²) >= 11 is 0. The second-order valence-corrected chi connectivity index (χ2v) is 3.47. The molecule has 1 heterocycles. The molecule has 88 valence electrons. The van der Waals surface area contributed by atoms with Gasteiger partial charge < -0.3 is 9.72 Å². The van der Waals surface area contributed by atoms with E-state index in [-0.39, 0.29) is 6.73 Å². The minimum atomic E-state index is -0.602. The predicted molar refractivity (Wildman–Crippen MR) is 60.6 cm³/mol. The molecule has 0 saturated heterocycles. The smallest absolute Gasteiger partial charge is 0.331 e. The molecule has 0 saturated carbocycles. The van der Waals surface area contributed by atoms with E-state index >= 15 is 0 Å². The van der Waals surface area contributed by atoms with Crippen molar-refractivity contribution in [3.8, 4) is 0 Å². The summed E-state index contributed by atoms with van der Waals surface area (Å²) in [6.45, 7) is 0.828. The highest BCUT2D eigenvalue weighted by atomic mass is 16.5. The van der Waals surface area contributed by atoms with Crippen LogP contribution in [0.1, 0.15) is 6.92 Å². The first-order valence-electron chi connectivity index (χ1n) is 4.95. The zero-order chi connectivity index (χ0) is 12.4. The summed E-state index contributed by atoms with van der Waals surface area (Å²) in [5.41, 5.74) is -0.623. The van der Waals surface area contributed by atoms with Crippen molar-refractivity contribution in [2.45, 2.75) is 13.7 Å². The second kappa shape index (κ2) is 4.25. The summed E-state index contributed by atoms with van der Waals surface area (Å²) in [4.78, 5) is 36.7. The number of nitrogens with zero attached hydrogens (tertiary/aromatic N) is 1. The standard InChI is InChI=1S/C11H10N2O4/c1-7(14)17-6-13-10(15)8-4-2-3-5-9(8)12-11(13)16/h2-5H,6H2,1H3,(H,12,16). The van der Waals surface area contributed by atoms with E-state index in [2.05, 4.69) is 9.72 Å². The van der Waals surface area contributed by atoms with Crippen LogP contribution >= 0.6 is 0 Å². The molecule has 1 aromatic heterocycles. The summed E-state index contributed by atoms with van der Waals surface area (Å²) < 4.78 is 5.48. The van der Waals surface area contributed by atoms with Gasteiger partial charge in [-0.3, -0.25) is 9.59 Å². The van der Waals surface area contributed by atoms with Crippen molar-refractivity contribution < 1.29 is 9.53 Å². The second-order valence-electron chi connectivity index (χ2n) is 3.47. The highest BCUT2D eigenvalue weighted by molar-refractivity contribution is 5.76. The molecular weight excluding hydrogens is 224 g/mol. The maximum atomic E-state index is 11.9. The molecule has 0 spiro atoms. The van der Waals surface area contributed by atoms with E-state index in [1.54, 1.807) is 24.3 Å². The van der Waals surface area contributed by atoms with Crippen LogP contribution in [0.5, 0.6) is 0 Å². The van der Waals surface area contributed by atoms with Crippen LogP contribution in [0, 0.1) is 0 Å². The van der Waals surface area contributed by atoms with Crippen LogP contribution < -0.4 is 11.2 Å². The normalized spacial score (nSPS) is 10.4. The van der Waals surface area contributed by atoms with Crippen molar-refractivity contribution in [1.29, 1.82) is 0 Å². The molecule has 0 aliphatic carbocycles. The quantitative estimate of drug-likeness (QED) is 0.753. The molecule has 6 nitrogen and oxygen atoms in total. The van der Waals surface area contributed by atoms with Gasteiger partial charge in [0.2, 0.25) is 0 Å². The molecule has 6 heteroatoms. The average Bonchev–Trinajstić information content (AvgIpc) is 2.28. The van der Waals surface area contributed by atoms with Gasteiger partial charge in [-0.25, -0.2) is 9.36 Å². The van der Waals surface area contributed by atoms with E-state index in [9.17, 15) is 14.4 Å².